The lowest BCUT2D eigenvalue weighted by Gasteiger charge is -2.26. The smallest absolute Gasteiger partial charge is 0.340 e. The first-order chi connectivity index (χ1) is 13.8. The number of carbonyl (C=O) groups is 2. The van der Waals surface area contributed by atoms with Crippen molar-refractivity contribution in [2.24, 2.45) is 0 Å². The molecule has 0 radical (unpaired) electrons. The lowest BCUT2D eigenvalue weighted by molar-refractivity contribution is -0.134. The molecule has 1 aliphatic heterocycles. The first-order valence-corrected chi connectivity index (χ1v) is 11.0. The van der Waals surface area contributed by atoms with Crippen molar-refractivity contribution in [3.63, 3.8) is 0 Å². The number of nitrogens with zero attached hydrogens (tertiary/aromatic N) is 1. The summed E-state index contributed by atoms with van der Waals surface area (Å²) in [5.74, 6) is -1.06. The predicted molar refractivity (Wildman–Crippen MR) is 111 cm³/mol. The van der Waals surface area contributed by atoms with Gasteiger partial charge in [-0.1, -0.05) is 48.5 Å². The molecule has 2 aromatic carbocycles. The zero-order chi connectivity index (χ0) is 20.9. The second-order valence-electron chi connectivity index (χ2n) is 6.68. The Labute approximate surface area is 170 Å². The zero-order valence-corrected chi connectivity index (χ0v) is 16.8. The average Bonchev–Trinajstić information content (AvgIpc) is 2.72. The molecule has 0 spiro atoms. The molecule has 0 unspecified atom stereocenters. The molecule has 0 atom stereocenters. The molecule has 29 heavy (non-hydrogen) atoms. The van der Waals surface area contributed by atoms with Gasteiger partial charge in [0, 0.05) is 13.1 Å². The van der Waals surface area contributed by atoms with Gasteiger partial charge in [0.2, 0.25) is 10.0 Å². The van der Waals surface area contributed by atoms with Gasteiger partial charge in [-0.25, -0.2) is 13.2 Å². The second kappa shape index (κ2) is 8.91. The van der Waals surface area contributed by atoms with Gasteiger partial charge in [0.15, 0.2) is 6.61 Å². The van der Waals surface area contributed by atoms with Crippen LogP contribution < -0.4 is 4.72 Å². The Kier molecular flexibility index (Phi) is 6.33. The van der Waals surface area contributed by atoms with Crippen molar-refractivity contribution in [3.8, 4) is 0 Å². The zero-order valence-electron chi connectivity index (χ0n) is 16.0. The van der Waals surface area contributed by atoms with Crippen LogP contribution in [-0.4, -0.2) is 51.1 Å². The summed E-state index contributed by atoms with van der Waals surface area (Å²) in [6, 6.07) is 16.1. The third-order valence-electron chi connectivity index (χ3n) is 4.48. The average molecular weight is 414 g/mol. The fraction of sp³-hybridized carbons (Fsp3) is 0.238. The Hall–Kier alpha value is -3.13. The van der Waals surface area contributed by atoms with Crippen LogP contribution in [-0.2, 0) is 19.6 Å². The van der Waals surface area contributed by atoms with E-state index in [4.69, 9.17) is 4.74 Å². The Balaban J connectivity index is 1.58. The molecule has 8 heteroatoms. The van der Waals surface area contributed by atoms with Crippen LogP contribution >= 0.6 is 0 Å². The first-order valence-electron chi connectivity index (χ1n) is 9.09. The molecule has 2 aromatic rings. The summed E-state index contributed by atoms with van der Waals surface area (Å²) in [4.78, 5) is 26.4. The minimum Gasteiger partial charge on any atom is -0.452 e. The molecule has 1 amide bonds. The molecule has 0 saturated heterocycles. The number of anilines is 1. The van der Waals surface area contributed by atoms with E-state index < -0.39 is 22.6 Å². The molecule has 0 fully saturated rings. The summed E-state index contributed by atoms with van der Waals surface area (Å²) in [7, 11) is -3.55. The second-order valence-corrected chi connectivity index (χ2v) is 8.43. The summed E-state index contributed by atoms with van der Waals surface area (Å²) in [6.07, 6.45) is 3.72. The number of rotatable bonds is 6. The van der Waals surface area contributed by atoms with Gasteiger partial charge >= 0.3 is 5.97 Å². The van der Waals surface area contributed by atoms with Crippen molar-refractivity contribution in [2.75, 3.05) is 30.7 Å². The number of nitrogens with one attached hydrogen (secondary N) is 1. The van der Waals surface area contributed by atoms with E-state index >= 15 is 0 Å². The minimum absolute atomic E-state index is 0.0515. The van der Waals surface area contributed by atoms with Crippen LogP contribution in [0.2, 0.25) is 0 Å². The number of esters is 1. The van der Waals surface area contributed by atoms with Gasteiger partial charge in [-0.2, -0.15) is 0 Å². The summed E-state index contributed by atoms with van der Waals surface area (Å²) in [6.45, 7) is 0.594. The number of para-hydroxylation sites is 1. The van der Waals surface area contributed by atoms with Crippen molar-refractivity contribution in [3.05, 3.63) is 71.8 Å². The molecule has 1 aliphatic rings. The summed E-state index contributed by atoms with van der Waals surface area (Å²) in [5.41, 5.74) is 2.49. The number of hydrogen-bond acceptors (Lipinski definition) is 5. The highest BCUT2D eigenvalue weighted by Gasteiger charge is 2.21. The van der Waals surface area contributed by atoms with E-state index in [1.807, 2.05) is 36.4 Å². The quantitative estimate of drug-likeness (QED) is 0.734. The molecule has 0 bridgehead atoms. The van der Waals surface area contributed by atoms with Crippen LogP contribution in [0.1, 0.15) is 22.3 Å². The molecular weight excluding hydrogens is 392 g/mol. The number of benzene rings is 2. The van der Waals surface area contributed by atoms with Crippen LogP contribution in [0.3, 0.4) is 0 Å². The molecule has 7 nitrogen and oxygen atoms in total. The normalized spacial score (nSPS) is 14.1. The van der Waals surface area contributed by atoms with Crippen molar-refractivity contribution in [2.45, 2.75) is 6.42 Å². The van der Waals surface area contributed by atoms with E-state index in [9.17, 15) is 18.0 Å². The van der Waals surface area contributed by atoms with Crippen LogP contribution in [0, 0.1) is 0 Å². The maximum Gasteiger partial charge on any atom is 0.340 e. The molecule has 0 aliphatic carbocycles. The standard InChI is InChI=1S/C21H22N2O5S/c1-29(26,27)22-19-10-6-5-9-18(19)21(25)28-15-20(24)23-13-11-17(12-14-23)16-7-3-2-4-8-16/h2-11,22H,12-15H2,1H3. The number of carbonyl (C=O) groups excluding carboxylic acids is 2. The highest BCUT2D eigenvalue weighted by molar-refractivity contribution is 7.92. The van der Waals surface area contributed by atoms with Crippen LogP contribution in [0.4, 0.5) is 5.69 Å². The monoisotopic (exact) mass is 414 g/mol. The van der Waals surface area contributed by atoms with E-state index in [0.29, 0.717) is 13.1 Å². The summed E-state index contributed by atoms with van der Waals surface area (Å²) in [5, 5.41) is 0. The van der Waals surface area contributed by atoms with E-state index in [2.05, 4.69) is 4.72 Å². The van der Waals surface area contributed by atoms with Gasteiger partial charge < -0.3 is 9.64 Å². The van der Waals surface area contributed by atoms with Gasteiger partial charge in [0.1, 0.15) is 0 Å². The van der Waals surface area contributed by atoms with E-state index in [1.165, 1.54) is 17.7 Å². The van der Waals surface area contributed by atoms with Crippen molar-refractivity contribution < 1.29 is 22.7 Å². The van der Waals surface area contributed by atoms with Gasteiger partial charge in [-0.15, -0.1) is 0 Å². The molecule has 3 rings (SSSR count). The Morgan fingerprint density at radius 1 is 1.07 bits per heavy atom. The van der Waals surface area contributed by atoms with Gasteiger partial charge in [0.05, 0.1) is 17.5 Å². The van der Waals surface area contributed by atoms with Crippen molar-refractivity contribution >= 4 is 33.2 Å². The van der Waals surface area contributed by atoms with E-state index in [1.54, 1.807) is 17.0 Å². The molecular formula is C21H22N2O5S. The lowest BCUT2D eigenvalue weighted by Crippen LogP contribution is -2.37. The van der Waals surface area contributed by atoms with E-state index in [0.717, 1.165) is 18.2 Å². The minimum atomic E-state index is -3.55. The maximum atomic E-state index is 12.4. The lowest BCUT2D eigenvalue weighted by atomic mass is 10.00. The maximum absolute atomic E-state index is 12.4. The van der Waals surface area contributed by atoms with Crippen molar-refractivity contribution in [1.29, 1.82) is 0 Å². The molecule has 1 heterocycles. The van der Waals surface area contributed by atoms with Crippen LogP contribution in [0.15, 0.2) is 60.7 Å². The molecule has 152 valence electrons. The predicted octanol–water partition coefficient (Wildman–Crippen LogP) is 2.53. The van der Waals surface area contributed by atoms with Crippen molar-refractivity contribution in [1.82, 2.24) is 4.90 Å². The van der Waals surface area contributed by atoms with Gasteiger partial charge in [0.25, 0.3) is 5.91 Å². The fourth-order valence-electron chi connectivity index (χ4n) is 3.06. The Morgan fingerprint density at radius 2 is 1.76 bits per heavy atom. The van der Waals surface area contributed by atoms with Crippen LogP contribution in [0.5, 0.6) is 0 Å². The fourth-order valence-corrected chi connectivity index (χ4v) is 3.63. The topological polar surface area (TPSA) is 92.8 Å². The van der Waals surface area contributed by atoms with Gasteiger partial charge in [-0.05, 0) is 29.7 Å². The third kappa shape index (κ3) is 5.68. The number of sulfonamides is 1. The van der Waals surface area contributed by atoms with Crippen LogP contribution in [0.25, 0.3) is 5.57 Å². The third-order valence-corrected chi connectivity index (χ3v) is 5.07. The summed E-state index contributed by atoms with van der Waals surface area (Å²) < 4.78 is 30.3. The van der Waals surface area contributed by atoms with E-state index in [-0.39, 0.29) is 17.2 Å². The highest BCUT2D eigenvalue weighted by Crippen LogP contribution is 2.22. The highest BCUT2D eigenvalue weighted by atomic mass is 32.2. The number of hydrogen-bond donors (Lipinski definition) is 1. The first kappa shape index (κ1) is 20.6. The number of ether oxygens (including phenoxy) is 1. The Bertz CT molecular complexity index is 1030. The largest absolute Gasteiger partial charge is 0.452 e. The van der Waals surface area contributed by atoms with Gasteiger partial charge in [-0.3, -0.25) is 9.52 Å². The molecule has 0 saturated carbocycles. The Morgan fingerprint density at radius 3 is 2.41 bits per heavy atom. The summed E-state index contributed by atoms with van der Waals surface area (Å²) >= 11 is 0. The molecule has 0 aromatic heterocycles. The molecule has 1 N–H and O–H groups in total. The SMILES string of the molecule is CS(=O)(=O)Nc1ccccc1C(=O)OCC(=O)N1CC=C(c2ccccc2)CC1. The number of amides is 1.